The fourth-order valence-corrected chi connectivity index (χ4v) is 5.65. The van der Waals surface area contributed by atoms with Crippen molar-refractivity contribution in [2.75, 3.05) is 25.0 Å². The van der Waals surface area contributed by atoms with Gasteiger partial charge in [-0.3, -0.25) is 4.79 Å². The van der Waals surface area contributed by atoms with Gasteiger partial charge in [0.2, 0.25) is 0 Å². The second-order valence-electron chi connectivity index (χ2n) is 11.2. The standard InChI is InChI=1S/C33H38FN3O5/c1-3-22(4-2)21-33(40)12-15-37(16-13-33)32(39)36-25-18-28(41-26-7-5-24(34)6-8-26)20-29(19-25)42-27-9-10-30-23(17-27)11-14-35-31(30)38/h5-10,17-20,22,40H,3-4,11-16,21H2,1-2H3,(H,35,38)(H,36,39). The number of aliphatic hydroxyl groups is 1. The Labute approximate surface area is 245 Å². The summed E-state index contributed by atoms with van der Waals surface area (Å²) in [6.07, 6.45) is 4.60. The Morgan fingerprint density at radius 1 is 0.976 bits per heavy atom. The Bertz CT molecular complexity index is 1420. The van der Waals surface area contributed by atoms with Crippen molar-refractivity contribution in [3.05, 3.63) is 77.6 Å². The Morgan fingerprint density at radius 3 is 2.29 bits per heavy atom. The molecule has 42 heavy (non-hydrogen) atoms. The molecule has 0 aromatic heterocycles. The smallest absolute Gasteiger partial charge is 0.321 e. The highest BCUT2D eigenvalue weighted by Gasteiger charge is 2.35. The summed E-state index contributed by atoms with van der Waals surface area (Å²) >= 11 is 0. The lowest BCUT2D eigenvalue weighted by Gasteiger charge is -2.39. The number of rotatable bonds is 9. The molecule has 2 aliphatic rings. The number of nitrogens with zero attached hydrogens (tertiary/aromatic N) is 1. The molecule has 2 heterocycles. The van der Waals surface area contributed by atoms with Gasteiger partial charge >= 0.3 is 6.03 Å². The molecule has 8 nitrogen and oxygen atoms in total. The van der Waals surface area contributed by atoms with Crippen molar-refractivity contribution in [2.24, 2.45) is 5.92 Å². The summed E-state index contributed by atoms with van der Waals surface area (Å²) in [5.74, 6) is 1.79. The minimum absolute atomic E-state index is 0.103. The molecule has 3 amide bonds. The number of amides is 3. The number of halogens is 1. The maximum atomic E-state index is 13.4. The average Bonchev–Trinajstić information content (AvgIpc) is 2.97. The molecule has 1 fully saturated rings. The summed E-state index contributed by atoms with van der Waals surface area (Å²) in [4.78, 5) is 27.1. The third-order valence-electron chi connectivity index (χ3n) is 8.22. The zero-order chi connectivity index (χ0) is 29.7. The minimum Gasteiger partial charge on any atom is -0.457 e. The Balaban J connectivity index is 1.32. The summed E-state index contributed by atoms with van der Waals surface area (Å²) in [5.41, 5.74) is 1.25. The molecular formula is C33H38FN3O5. The van der Waals surface area contributed by atoms with Crippen LogP contribution in [-0.2, 0) is 6.42 Å². The van der Waals surface area contributed by atoms with Gasteiger partial charge in [-0.05, 0) is 79.6 Å². The van der Waals surface area contributed by atoms with Crippen LogP contribution >= 0.6 is 0 Å². The van der Waals surface area contributed by atoms with E-state index in [9.17, 15) is 19.1 Å². The van der Waals surface area contributed by atoms with E-state index in [1.807, 2.05) is 6.07 Å². The highest BCUT2D eigenvalue weighted by Crippen LogP contribution is 2.35. The largest absolute Gasteiger partial charge is 0.457 e. The molecule has 0 radical (unpaired) electrons. The van der Waals surface area contributed by atoms with Crippen LogP contribution in [0.15, 0.2) is 60.7 Å². The number of carbonyl (C=O) groups excluding carboxylic acids is 2. The predicted molar refractivity (Wildman–Crippen MR) is 159 cm³/mol. The van der Waals surface area contributed by atoms with E-state index in [4.69, 9.17) is 9.47 Å². The number of ether oxygens (including phenoxy) is 2. The Morgan fingerprint density at radius 2 is 1.62 bits per heavy atom. The zero-order valence-corrected chi connectivity index (χ0v) is 24.1. The van der Waals surface area contributed by atoms with E-state index in [2.05, 4.69) is 24.5 Å². The first-order valence-electron chi connectivity index (χ1n) is 14.7. The molecule has 0 saturated carbocycles. The molecule has 9 heteroatoms. The number of likely N-dealkylation sites (tertiary alicyclic amines) is 1. The first-order valence-corrected chi connectivity index (χ1v) is 14.7. The van der Waals surface area contributed by atoms with Gasteiger partial charge in [0.05, 0.1) is 5.60 Å². The van der Waals surface area contributed by atoms with Gasteiger partial charge in [0.25, 0.3) is 5.91 Å². The number of nitrogens with one attached hydrogen (secondary N) is 2. The topological polar surface area (TPSA) is 100 Å². The molecule has 0 aliphatic carbocycles. The number of carbonyl (C=O) groups is 2. The highest BCUT2D eigenvalue weighted by molar-refractivity contribution is 5.96. The minimum atomic E-state index is -0.743. The maximum absolute atomic E-state index is 13.4. The average molecular weight is 576 g/mol. The quantitative estimate of drug-likeness (QED) is 0.258. The van der Waals surface area contributed by atoms with Crippen molar-refractivity contribution in [2.45, 2.75) is 58.0 Å². The van der Waals surface area contributed by atoms with Crippen LogP contribution in [0.1, 0.15) is 61.9 Å². The molecule has 0 bridgehead atoms. The lowest BCUT2D eigenvalue weighted by atomic mass is 9.81. The fourth-order valence-electron chi connectivity index (χ4n) is 5.65. The van der Waals surface area contributed by atoms with Crippen LogP contribution < -0.4 is 20.1 Å². The molecular weight excluding hydrogens is 537 g/mol. The number of hydrogen-bond donors (Lipinski definition) is 3. The van der Waals surface area contributed by atoms with E-state index in [-0.39, 0.29) is 17.8 Å². The van der Waals surface area contributed by atoms with Gasteiger partial charge in [0, 0.05) is 49.1 Å². The van der Waals surface area contributed by atoms with Crippen molar-refractivity contribution in [3.63, 3.8) is 0 Å². The van der Waals surface area contributed by atoms with Crippen molar-refractivity contribution in [3.8, 4) is 23.0 Å². The fraction of sp³-hybridized carbons (Fsp3) is 0.394. The normalized spacial score (nSPS) is 16.0. The van der Waals surface area contributed by atoms with Crippen molar-refractivity contribution < 1.29 is 28.6 Å². The first kappa shape index (κ1) is 29.4. The van der Waals surface area contributed by atoms with Crippen LogP contribution in [0.2, 0.25) is 0 Å². The van der Waals surface area contributed by atoms with E-state index in [1.54, 1.807) is 35.2 Å². The molecule has 3 N–H and O–H groups in total. The number of urea groups is 1. The summed E-state index contributed by atoms with van der Waals surface area (Å²) in [5, 5.41) is 16.9. The molecule has 0 atom stereocenters. The van der Waals surface area contributed by atoms with Gasteiger partial charge in [-0.1, -0.05) is 26.7 Å². The second-order valence-corrected chi connectivity index (χ2v) is 11.2. The summed E-state index contributed by atoms with van der Waals surface area (Å²) in [6.45, 7) is 5.78. The van der Waals surface area contributed by atoms with Crippen LogP contribution in [0.5, 0.6) is 23.0 Å². The van der Waals surface area contributed by atoms with Gasteiger partial charge in [0.15, 0.2) is 0 Å². The molecule has 1 saturated heterocycles. The number of piperidine rings is 1. The van der Waals surface area contributed by atoms with E-state index in [1.165, 1.54) is 24.3 Å². The third-order valence-corrected chi connectivity index (χ3v) is 8.22. The van der Waals surface area contributed by atoms with E-state index in [0.29, 0.717) is 79.1 Å². The first-order chi connectivity index (χ1) is 20.2. The number of fused-ring (bicyclic) bond motifs is 1. The van der Waals surface area contributed by atoms with Crippen molar-refractivity contribution in [1.82, 2.24) is 10.2 Å². The van der Waals surface area contributed by atoms with Crippen LogP contribution in [0.3, 0.4) is 0 Å². The highest BCUT2D eigenvalue weighted by atomic mass is 19.1. The zero-order valence-electron chi connectivity index (χ0n) is 24.1. The van der Waals surface area contributed by atoms with E-state index in [0.717, 1.165) is 24.8 Å². The molecule has 222 valence electrons. The Hall–Kier alpha value is -4.11. The van der Waals surface area contributed by atoms with E-state index < -0.39 is 5.60 Å². The van der Waals surface area contributed by atoms with Crippen LogP contribution in [0, 0.1) is 11.7 Å². The summed E-state index contributed by atoms with van der Waals surface area (Å²) in [6, 6.07) is 15.8. The van der Waals surface area contributed by atoms with Gasteiger partial charge in [-0.2, -0.15) is 0 Å². The van der Waals surface area contributed by atoms with Crippen molar-refractivity contribution >= 4 is 17.6 Å². The van der Waals surface area contributed by atoms with Crippen LogP contribution in [0.25, 0.3) is 0 Å². The molecule has 0 unspecified atom stereocenters. The van der Waals surface area contributed by atoms with Gasteiger partial charge in [-0.25, -0.2) is 9.18 Å². The summed E-state index contributed by atoms with van der Waals surface area (Å²) < 4.78 is 25.6. The third kappa shape index (κ3) is 7.20. The van der Waals surface area contributed by atoms with Crippen LogP contribution in [0.4, 0.5) is 14.9 Å². The van der Waals surface area contributed by atoms with E-state index >= 15 is 0 Å². The number of hydrogen-bond acceptors (Lipinski definition) is 5. The van der Waals surface area contributed by atoms with Gasteiger partial charge < -0.3 is 30.1 Å². The monoisotopic (exact) mass is 575 g/mol. The second kappa shape index (κ2) is 12.8. The number of anilines is 1. The molecule has 3 aromatic carbocycles. The molecule has 3 aromatic rings. The SMILES string of the molecule is CCC(CC)CC1(O)CCN(C(=O)Nc2cc(Oc3ccc(F)cc3)cc(Oc3ccc4c(c3)CCNC4=O)c2)CC1. The lowest BCUT2D eigenvalue weighted by molar-refractivity contribution is -0.0309. The molecule has 5 rings (SSSR count). The number of benzene rings is 3. The van der Waals surface area contributed by atoms with Crippen molar-refractivity contribution in [1.29, 1.82) is 0 Å². The van der Waals surface area contributed by atoms with Crippen LogP contribution in [-0.4, -0.2) is 47.2 Å². The molecule has 2 aliphatic heterocycles. The maximum Gasteiger partial charge on any atom is 0.321 e. The van der Waals surface area contributed by atoms with Gasteiger partial charge in [-0.15, -0.1) is 0 Å². The Kier molecular flexibility index (Phi) is 8.97. The summed E-state index contributed by atoms with van der Waals surface area (Å²) in [7, 11) is 0. The predicted octanol–water partition coefficient (Wildman–Crippen LogP) is 6.88. The molecule has 0 spiro atoms. The lowest BCUT2D eigenvalue weighted by Crippen LogP contribution is -2.48. The van der Waals surface area contributed by atoms with Gasteiger partial charge in [0.1, 0.15) is 28.8 Å².